The number of nitro groups is 1. The van der Waals surface area contributed by atoms with Gasteiger partial charge in [0.1, 0.15) is 5.82 Å². The largest absolute Gasteiger partial charge is 0.454 e. The van der Waals surface area contributed by atoms with Crippen molar-refractivity contribution >= 4 is 17.3 Å². The second kappa shape index (κ2) is 7.08. The maximum atomic E-state index is 11.1. The number of nitro benzene ring substituents is 1. The van der Waals surface area contributed by atoms with E-state index in [2.05, 4.69) is 17.0 Å². The van der Waals surface area contributed by atoms with Gasteiger partial charge in [-0.2, -0.15) is 15.2 Å². The molecule has 2 aliphatic heterocycles. The van der Waals surface area contributed by atoms with Crippen LogP contribution in [0.4, 0.5) is 11.6 Å². The van der Waals surface area contributed by atoms with E-state index in [9.17, 15) is 10.1 Å². The van der Waals surface area contributed by atoms with Gasteiger partial charge in [0.15, 0.2) is 11.5 Å². The van der Waals surface area contributed by atoms with Crippen LogP contribution in [0.15, 0.2) is 41.5 Å². The summed E-state index contributed by atoms with van der Waals surface area (Å²) in [6, 6.07) is 10.3. The lowest BCUT2D eigenvalue weighted by Gasteiger charge is -2.23. The van der Waals surface area contributed by atoms with E-state index in [4.69, 9.17) is 14.6 Å². The molecule has 0 saturated carbocycles. The Morgan fingerprint density at radius 3 is 2.52 bits per heavy atom. The van der Waals surface area contributed by atoms with Crippen LogP contribution < -0.4 is 14.5 Å². The van der Waals surface area contributed by atoms with Gasteiger partial charge in [-0.15, -0.1) is 0 Å². The average molecular weight is 420 g/mol. The van der Waals surface area contributed by atoms with Crippen LogP contribution in [0, 0.1) is 17.0 Å². The zero-order chi connectivity index (χ0) is 21.7. The fourth-order valence-electron chi connectivity index (χ4n) is 3.94. The Labute approximate surface area is 177 Å². The molecule has 1 unspecified atom stereocenters. The molecule has 3 heterocycles. The van der Waals surface area contributed by atoms with E-state index in [1.165, 1.54) is 12.1 Å². The maximum Gasteiger partial charge on any atom is 0.269 e. The molecular formula is C21H20N6O4. The quantitative estimate of drug-likeness (QED) is 0.473. The van der Waals surface area contributed by atoms with Crippen molar-refractivity contribution in [2.45, 2.75) is 26.3 Å². The Hall–Kier alpha value is -3.95. The third kappa shape index (κ3) is 3.25. The fourth-order valence-corrected chi connectivity index (χ4v) is 3.94. The maximum absolute atomic E-state index is 11.1. The molecular weight excluding hydrogens is 400 g/mol. The predicted octanol–water partition coefficient (Wildman–Crippen LogP) is 2.96. The molecule has 0 saturated heterocycles. The summed E-state index contributed by atoms with van der Waals surface area (Å²) in [4.78, 5) is 15.2. The van der Waals surface area contributed by atoms with E-state index in [1.54, 1.807) is 16.8 Å². The summed E-state index contributed by atoms with van der Waals surface area (Å²) >= 11 is 0. The summed E-state index contributed by atoms with van der Waals surface area (Å²) in [7, 11) is 1.83. The summed E-state index contributed by atoms with van der Waals surface area (Å²) in [5.41, 5.74) is 3.40. The highest BCUT2D eigenvalue weighted by Crippen LogP contribution is 2.38. The van der Waals surface area contributed by atoms with Crippen LogP contribution in [0.5, 0.6) is 11.5 Å². The summed E-state index contributed by atoms with van der Waals surface area (Å²) in [5.74, 6) is 2.64. The van der Waals surface area contributed by atoms with Crippen LogP contribution >= 0.6 is 0 Å². The van der Waals surface area contributed by atoms with Crippen molar-refractivity contribution < 1.29 is 14.4 Å². The Morgan fingerprint density at radius 1 is 1.16 bits per heavy atom. The Morgan fingerprint density at radius 2 is 1.87 bits per heavy atom. The SMILES string of the molecule is Cc1nc(N2N=C(c3ccc([N+](=O)[O-])cc3)c3cc4c(cc3CC2C)OCO4)n(C)n1. The van der Waals surface area contributed by atoms with Gasteiger partial charge in [-0.25, -0.2) is 9.69 Å². The monoisotopic (exact) mass is 420 g/mol. The average Bonchev–Trinajstić information content (AvgIpc) is 3.29. The zero-order valence-electron chi connectivity index (χ0n) is 17.3. The van der Waals surface area contributed by atoms with Gasteiger partial charge in [0.25, 0.3) is 5.69 Å². The lowest BCUT2D eigenvalue weighted by atomic mass is 9.94. The first kappa shape index (κ1) is 19.0. The Bertz CT molecular complexity index is 1220. The van der Waals surface area contributed by atoms with Crippen molar-refractivity contribution in [2.75, 3.05) is 11.8 Å². The van der Waals surface area contributed by atoms with Gasteiger partial charge in [-0.1, -0.05) is 0 Å². The molecule has 10 nitrogen and oxygen atoms in total. The summed E-state index contributed by atoms with van der Waals surface area (Å²) in [6.07, 6.45) is 0.692. The molecule has 3 aromatic rings. The zero-order valence-corrected chi connectivity index (χ0v) is 17.3. The minimum Gasteiger partial charge on any atom is -0.454 e. The standard InChI is InChI=1S/C21H20N6O4/c1-12-8-15-9-18-19(31-11-30-18)10-17(15)20(14-4-6-16(7-5-14)27(28)29)24-26(12)21-22-13(2)23-25(21)3/h4-7,9-10,12H,8,11H2,1-3H3. The number of nitrogens with zero attached hydrogens (tertiary/aromatic N) is 6. The number of hydrogen-bond acceptors (Lipinski definition) is 8. The number of fused-ring (bicyclic) bond motifs is 2. The number of hydrazone groups is 1. The van der Waals surface area contributed by atoms with Gasteiger partial charge >= 0.3 is 0 Å². The van der Waals surface area contributed by atoms with Gasteiger partial charge in [-0.05, 0) is 50.1 Å². The van der Waals surface area contributed by atoms with Crippen LogP contribution in [0.1, 0.15) is 29.4 Å². The number of ether oxygens (including phenoxy) is 2. The van der Waals surface area contributed by atoms with Crippen molar-refractivity contribution in [3.63, 3.8) is 0 Å². The molecule has 0 fully saturated rings. The van der Waals surface area contributed by atoms with Crippen molar-refractivity contribution in [2.24, 2.45) is 12.1 Å². The summed E-state index contributed by atoms with van der Waals surface area (Å²) in [5, 5.41) is 22.3. The molecule has 0 radical (unpaired) electrons. The molecule has 0 bridgehead atoms. The van der Waals surface area contributed by atoms with Gasteiger partial charge < -0.3 is 9.47 Å². The van der Waals surface area contributed by atoms with E-state index < -0.39 is 4.92 Å². The Balaban J connectivity index is 1.70. The van der Waals surface area contributed by atoms with Gasteiger partial charge in [-0.3, -0.25) is 10.1 Å². The lowest BCUT2D eigenvalue weighted by Crippen LogP contribution is -2.31. The van der Waals surface area contributed by atoms with Gasteiger partial charge in [0, 0.05) is 30.3 Å². The van der Waals surface area contributed by atoms with E-state index in [-0.39, 0.29) is 18.5 Å². The lowest BCUT2D eigenvalue weighted by molar-refractivity contribution is -0.384. The first-order chi connectivity index (χ1) is 14.9. The van der Waals surface area contributed by atoms with Crippen molar-refractivity contribution in [1.82, 2.24) is 14.8 Å². The molecule has 31 heavy (non-hydrogen) atoms. The number of benzene rings is 2. The highest BCUT2D eigenvalue weighted by molar-refractivity contribution is 6.14. The van der Waals surface area contributed by atoms with E-state index in [1.807, 2.05) is 31.1 Å². The molecule has 5 rings (SSSR count). The number of anilines is 1. The van der Waals surface area contributed by atoms with Crippen LogP contribution in [0.3, 0.4) is 0 Å². The normalized spacial score (nSPS) is 17.2. The first-order valence-electron chi connectivity index (χ1n) is 9.84. The number of aromatic nitrogens is 3. The van der Waals surface area contributed by atoms with Crippen molar-refractivity contribution in [1.29, 1.82) is 0 Å². The third-order valence-electron chi connectivity index (χ3n) is 5.40. The number of rotatable bonds is 3. The number of aryl methyl sites for hydroxylation is 2. The molecule has 10 heteroatoms. The molecule has 2 aromatic carbocycles. The summed E-state index contributed by atoms with van der Waals surface area (Å²) in [6.45, 7) is 4.09. The van der Waals surface area contributed by atoms with E-state index >= 15 is 0 Å². The highest BCUT2D eigenvalue weighted by atomic mass is 16.7. The van der Waals surface area contributed by atoms with Gasteiger partial charge in [0.05, 0.1) is 16.7 Å². The molecule has 0 aliphatic carbocycles. The predicted molar refractivity (Wildman–Crippen MR) is 113 cm³/mol. The minimum absolute atomic E-state index is 0.0167. The Kier molecular flexibility index (Phi) is 4.35. The topological polar surface area (TPSA) is 108 Å². The molecule has 0 spiro atoms. The highest BCUT2D eigenvalue weighted by Gasteiger charge is 2.29. The third-order valence-corrected chi connectivity index (χ3v) is 5.40. The van der Waals surface area contributed by atoms with Crippen molar-refractivity contribution in [3.8, 4) is 11.5 Å². The van der Waals surface area contributed by atoms with Crippen molar-refractivity contribution in [3.05, 3.63) is 69.0 Å². The van der Waals surface area contributed by atoms with E-state index in [0.29, 0.717) is 35.4 Å². The van der Waals surface area contributed by atoms with E-state index in [0.717, 1.165) is 16.7 Å². The van der Waals surface area contributed by atoms with Crippen LogP contribution in [-0.4, -0.2) is 38.2 Å². The molecule has 158 valence electrons. The first-order valence-corrected chi connectivity index (χ1v) is 9.84. The second-order valence-electron chi connectivity index (χ2n) is 7.60. The second-order valence-corrected chi connectivity index (χ2v) is 7.60. The number of non-ortho nitro benzene ring substituents is 1. The fraction of sp³-hybridized carbons (Fsp3) is 0.286. The van der Waals surface area contributed by atoms with Crippen LogP contribution in [-0.2, 0) is 13.5 Å². The molecule has 1 aromatic heterocycles. The smallest absolute Gasteiger partial charge is 0.269 e. The number of hydrogen-bond donors (Lipinski definition) is 0. The van der Waals surface area contributed by atoms with Gasteiger partial charge in [0.2, 0.25) is 12.7 Å². The molecule has 1 atom stereocenters. The molecule has 0 N–H and O–H groups in total. The molecule has 0 amide bonds. The minimum atomic E-state index is -0.415. The van der Waals surface area contributed by atoms with Crippen LogP contribution in [0.25, 0.3) is 0 Å². The summed E-state index contributed by atoms with van der Waals surface area (Å²) < 4.78 is 12.9. The van der Waals surface area contributed by atoms with Crippen LogP contribution in [0.2, 0.25) is 0 Å². The molecule has 2 aliphatic rings.